The van der Waals surface area contributed by atoms with Gasteiger partial charge < -0.3 is 21.3 Å². The fraction of sp³-hybridized carbons (Fsp3) is 0.200. The van der Waals surface area contributed by atoms with E-state index in [-0.39, 0.29) is 11.3 Å². The van der Waals surface area contributed by atoms with Gasteiger partial charge in [-0.2, -0.15) is 0 Å². The molecule has 86 valence electrons. The molecule has 1 atom stereocenters. The number of carboxylic acid groups (broad SMARTS) is 1. The van der Waals surface area contributed by atoms with Crippen LogP contribution in [-0.4, -0.2) is 23.1 Å². The number of nitrogen functional groups attached to an aromatic ring is 1. The number of benzene rings is 1. The lowest BCUT2D eigenvalue weighted by Crippen LogP contribution is -2.31. The van der Waals surface area contributed by atoms with Gasteiger partial charge in [0.1, 0.15) is 11.3 Å². The molecule has 1 rings (SSSR count). The van der Waals surface area contributed by atoms with Gasteiger partial charge in [-0.05, 0) is 19.1 Å². The lowest BCUT2D eigenvalue weighted by atomic mass is 10.2. The number of hydrogen-bond donors (Lipinski definition) is 3. The van der Waals surface area contributed by atoms with Crippen LogP contribution < -0.4 is 16.2 Å². The van der Waals surface area contributed by atoms with Crippen molar-refractivity contribution in [1.82, 2.24) is 0 Å². The number of carbonyl (C=O) groups excluding carboxylic acids is 1. The van der Waals surface area contributed by atoms with Crippen molar-refractivity contribution in [3.8, 4) is 5.75 Å². The molecule has 6 nitrogen and oxygen atoms in total. The Kier molecular flexibility index (Phi) is 3.34. The van der Waals surface area contributed by atoms with E-state index in [4.69, 9.17) is 21.3 Å². The Labute approximate surface area is 91.8 Å². The fourth-order valence-corrected chi connectivity index (χ4v) is 1.06. The quantitative estimate of drug-likeness (QED) is 0.632. The van der Waals surface area contributed by atoms with Gasteiger partial charge in [-0.1, -0.05) is 0 Å². The molecule has 6 heteroatoms. The van der Waals surface area contributed by atoms with Crippen LogP contribution in [0, 0.1) is 0 Å². The van der Waals surface area contributed by atoms with Crippen LogP contribution in [0.3, 0.4) is 0 Å². The molecule has 1 aromatic rings. The molecule has 5 N–H and O–H groups in total. The standard InChI is InChI=1S/C10H12N2O4/c1-5(9(12)13)16-8-4-6(11)2-3-7(8)10(14)15/h2-5H,11H2,1H3,(H2,12,13)(H,14,15). The first kappa shape index (κ1) is 11.8. The Morgan fingerprint density at radius 1 is 1.44 bits per heavy atom. The second kappa shape index (κ2) is 4.52. The minimum atomic E-state index is -1.16. The third kappa shape index (κ3) is 2.63. The third-order valence-corrected chi connectivity index (χ3v) is 1.94. The summed E-state index contributed by atoms with van der Waals surface area (Å²) in [6.45, 7) is 1.43. The third-order valence-electron chi connectivity index (χ3n) is 1.94. The molecule has 0 radical (unpaired) electrons. The van der Waals surface area contributed by atoms with Crippen LogP contribution in [0.2, 0.25) is 0 Å². The molecule has 0 heterocycles. The molecule has 0 aromatic heterocycles. The number of ether oxygens (including phenoxy) is 1. The minimum absolute atomic E-state index is 0.0267. The molecule has 0 fully saturated rings. The van der Waals surface area contributed by atoms with Crippen molar-refractivity contribution < 1.29 is 19.4 Å². The smallest absolute Gasteiger partial charge is 0.339 e. The average molecular weight is 224 g/mol. The molecule has 1 amide bonds. The van der Waals surface area contributed by atoms with Crippen LogP contribution in [0.4, 0.5) is 5.69 Å². The number of carbonyl (C=O) groups is 2. The molecule has 1 aromatic carbocycles. The van der Waals surface area contributed by atoms with Crippen molar-refractivity contribution in [3.63, 3.8) is 0 Å². The highest BCUT2D eigenvalue weighted by molar-refractivity contribution is 5.91. The number of amides is 1. The lowest BCUT2D eigenvalue weighted by Gasteiger charge is -2.13. The van der Waals surface area contributed by atoms with Crippen molar-refractivity contribution in [2.75, 3.05) is 5.73 Å². The predicted octanol–water partition coefficient (Wildman–Crippen LogP) is 0.220. The average Bonchev–Trinajstić information content (AvgIpc) is 2.16. The van der Waals surface area contributed by atoms with E-state index >= 15 is 0 Å². The summed E-state index contributed by atoms with van der Waals surface area (Å²) in [5, 5.41) is 8.87. The van der Waals surface area contributed by atoms with E-state index < -0.39 is 18.0 Å². The van der Waals surface area contributed by atoms with Crippen molar-refractivity contribution in [3.05, 3.63) is 23.8 Å². The molecule has 1 unspecified atom stereocenters. The molecular formula is C10H12N2O4. The number of aromatic carboxylic acids is 1. The number of anilines is 1. The van der Waals surface area contributed by atoms with Gasteiger partial charge >= 0.3 is 5.97 Å². The highest BCUT2D eigenvalue weighted by atomic mass is 16.5. The van der Waals surface area contributed by atoms with Gasteiger partial charge in [0.25, 0.3) is 5.91 Å². The molecule has 0 aliphatic carbocycles. The van der Waals surface area contributed by atoms with Crippen LogP contribution in [0.25, 0.3) is 0 Å². The maximum Gasteiger partial charge on any atom is 0.339 e. The van der Waals surface area contributed by atoms with E-state index in [0.29, 0.717) is 5.69 Å². The number of hydrogen-bond acceptors (Lipinski definition) is 4. The second-order valence-corrected chi connectivity index (χ2v) is 3.22. The van der Waals surface area contributed by atoms with Crippen LogP contribution in [0.1, 0.15) is 17.3 Å². The first-order chi connectivity index (χ1) is 7.41. The van der Waals surface area contributed by atoms with Crippen molar-refractivity contribution in [2.45, 2.75) is 13.0 Å². The topological polar surface area (TPSA) is 116 Å². The predicted molar refractivity (Wildman–Crippen MR) is 57.1 cm³/mol. The first-order valence-electron chi connectivity index (χ1n) is 4.50. The Morgan fingerprint density at radius 2 is 2.06 bits per heavy atom. The molecule has 0 aliphatic heterocycles. The Hall–Kier alpha value is -2.24. The highest BCUT2D eigenvalue weighted by Gasteiger charge is 2.16. The summed E-state index contributed by atoms with van der Waals surface area (Å²) >= 11 is 0. The Morgan fingerprint density at radius 3 is 2.56 bits per heavy atom. The molecule has 16 heavy (non-hydrogen) atoms. The number of carboxylic acids is 1. The van der Waals surface area contributed by atoms with Crippen LogP contribution in [-0.2, 0) is 4.79 Å². The summed E-state index contributed by atoms with van der Waals surface area (Å²) in [5.74, 6) is -1.82. The molecule has 0 aliphatic rings. The molecular weight excluding hydrogens is 212 g/mol. The summed E-state index contributed by atoms with van der Waals surface area (Å²) in [4.78, 5) is 21.6. The van der Waals surface area contributed by atoms with Crippen LogP contribution in [0.15, 0.2) is 18.2 Å². The second-order valence-electron chi connectivity index (χ2n) is 3.22. The molecule has 0 bridgehead atoms. The monoisotopic (exact) mass is 224 g/mol. The Balaban J connectivity index is 3.05. The van der Waals surface area contributed by atoms with Gasteiger partial charge in [0, 0.05) is 11.8 Å². The van der Waals surface area contributed by atoms with Gasteiger partial charge in [0.05, 0.1) is 0 Å². The minimum Gasteiger partial charge on any atom is -0.480 e. The summed E-state index contributed by atoms with van der Waals surface area (Å²) < 4.78 is 5.11. The van der Waals surface area contributed by atoms with Crippen LogP contribution in [0.5, 0.6) is 5.75 Å². The van der Waals surface area contributed by atoms with E-state index in [0.717, 1.165) is 0 Å². The summed E-state index contributed by atoms with van der Waals surface area (Å²) in [6.07, 6.45) is -0.917. The maximum absolute atomic E-state index is 10.8. The van der Waals surface area contributed by atoms with E-state index in [2.05, 4.69) is 0 Å². The normalized spacial score (nSPS) is 11.8. The van der Waals surface area contributed by atoms with Crippen molar-refractivity contribution >= 4 is 17.6 Å². The van der Waals surface area contributed by atoms with E-state index in [1.807, 2.05) is 0 Å². The zero-order valence-corrected chi connectivity index (χ0v) is 8.64. The first-order valence-corrected chi connectivity index (χ1v) is 4.50. The fourth-order valence-electron chi connectivity index (χ4n) is 1.06. The van der Waals surface area contributed by atoms with E-state index in [1.54, 1.807) is 0 Å². The zero-order valence-electron chi connectivity index (χ0n) is 8.64. The summed E-state index contributed by atoms with van der Waals surface area (Å²) in [5.41, 5.74) is 10.8. The SMILES string of the molecule is CC(Oc1cc(N)ccc1C(=O)O)C(N)=O. The van der Waals surface area contributed by atoms with E-state index in [1.165, 1.54) is 25.1 Å². The van der Waals surface area contributed by atoms with E-state index in [9.17, 15) is 9.59 Å². The summed E-state index contributed by atoms with van der Waals surface area (Å²) in [7, 11) is 0. The van der Waals surface area contributed by atoms with Crippen molar-refractivity contribution in [1.29, 1.82) is 0 Å². The number of rotatable bonds is 4. The Bertz CT molecular complexity index is 431. The maximum atomic E-state index is 10.8. The van der Waals surface area contributed by atoms with Crippen LogP contribution >= 0.6 is 0 Å². The number of nitrogens with two attached hydrogens (primary N) is 2. The van der Waals surface area contributed by atoms with Crippen molar-refractivity contribution in [2.24, 2.45) is 5.73 Å². The zero-order chi connectivity index (χ0) is 12.3. The van der Waals surface area contributed by atoms with Gasteiger partial charge in [-0.25, -0.2) is 4.79 Å². The summed E-state index contributed by atoms with van der Waals surface area (Å²) in [6, 6.07) is 4.08. The largest absolute Gasteiger partial charge is 0.480 e. The molecule has 0 saturated heterocycles. The lowest BCUT2D eigenvalue weighted by molar-refractivity contribution is -0.124. The molecule has 0 spiro atoms. The van der Waals surface area contributed by atoms with Gasteiger partial charge in [0.2, 0.25) is 0 Å². The highest BCUT2D eigenvalue weighted by Crippen LogP contribution is 2.22. The van der Waals surface area contributed by atoms with Gasteiger partial charge in [0.15, 0.2) is 6.10 Å². The van der Waals surface area contributed by atoms with Gasteiger partial charge in [-0.15, -0.1) is 0 Å². The van der Waals surface area contributed by atoms with Gasteiger partial charge in [-0.3, -0.25) is 4.79 Å². The molecule has 0 saturated carbocycles. The number of primary amides is 1.